The second-order valence-corrected chi connectivity index (χ2v) is 5.36. The molecule has 4 heteroatoms. The third-order valence-corrected chi connectivity index (χ3v) is 3.95. The number of aromatic nitrogens is 1. The van der Waals surface area contributed by atoms with Crippen LogP contribution in [0, 0.1) is 5.92 Å². The van der Waals surface area contributed by atoms with Crippen LogP contribution in [0.4, 0.5) is 0 Å². The Labute approximate surface area is 118 Å². The van der Waals surface area contributed by atoms with Crippen LogP contribution in [0.5, 0.6) is 0 Å². The molecule has 4 nitrogen and oxygen atoms in total. The number of benzene rings is 1. The molecule has 0 spiro atoms. The lowest BCUT2D eigenvalue weighted by Crippen LogP contribution is -2.44. The fourth-order valence-corrected chi connectivity index (χ4v) is 2.57. The standard InChI is InChI=1S/C16H18N2O2/c1-2-11-8-13(9-11)17-16(19)15-10-14(18-20-15)12-6-4-3-5-7-12/h3-7,10-11,13H,2,8-9H2,1H3,(H,17,19)/t11-,13+. The minimum absolute atomic E-state index is 0.167. The molecule has 0 saturated heterocycles. The first kappa shape index (κ1) is 12.9. The smallest absolute Gasteiger partial charge is 0.290 e. The molecule has 3 rings (SSSR count). The van der Waals surface area contributed by atoms with Gasteiger partial charge in [0.25, 0.3) is 5.91 Å². The van der Waals surface area contributed by atoms with Gasteiger partial charge < -0.3 is 9.84 Å². The van der Waals surface area contributed by atoms with Crippen LogP contribution in [0.1, 0.15) is 36.7 Å². The van der Waals surface area contributed by atoms with Gasteiger partial charge in [0.15, 0.2) is 0 Å². The Balaban J connectivity index is 1.64. The molecule has 1 aromatic carbocycles. The fourth-order valence-electron chi connectivity index (χ4n) is 2.57. The molecule has 1 saturated carbocycles. The Hall–Kier alpha value is -2.10. The van der Waals surface area contributed by atoms with Crippen molar-refractivity contribution in [1.82, 2.24) is 10.5 Å². The molecule has 1 amide bonds. The van der Waals surface area contributed by atoms with Gasteiger partial charge >= 0.3 is 0 Å². The quantitative estimate of drug-likeness (QED) is 0.927. The molecule has 0 aliphatic heterocycles. The molecular formula is C16H18N2O2. The number of nitrogens with one attached hydrogen (secondary N) is 1. The lowest BCUT2D eigenvalue weighted by atomic mass is 9.78. The first-order valence-corrected chi connectivity index (χ1v) is 7.09. The van der Waals surface area contributed by atoms with Crippen molar-refractivity contribution < 1.29 is 9.32 Å². The zero-order valence-corrected chi connectivity index (χ0v) is 11.5. The summed E-state index contributed by atoms with van der Waals surface area (Å²) in [6.07, 6.45) is 3.33. The van der Waals surface area contributed by atoms with Gasteiger partial charge in [-0.1, -0.05) is 48.8 Å². The van der Waals surface area contributed by atoms with Crippen LogP contribution in [0.3, 0.4) is 0 Å². The summed E-state index contributed by atoms with van der Waals surface area (Å²) in [6, 6.07) is 11.7. The van der Waals surface area contributed by atoms with Crippen molar-refractivity contribution in [3.05, 3.63) is 42.2 Å². The number of carbonyl (C=O) groups is 1. The molecule has 1 aliphatic rings. The Bertz CT molecular complexity index is 586. The molecule has 0 radical (unpaired) electrons. The Morgan fingerprint density at radius 3 is 2.80 bits per heavy atom. The molecule has 1 aromatic heterocycles. The van der Waals surface area contributed by atoms with E-state index in [1.165, 1.54) is 6.42 Å². The van der Waals surface area contributed by atoms with E-state index >= 15 is 0 Å². The van der Waals surface area contributed by atoms with Crippen molar-refractivity contribution in [2.24, 2.45) is 5.92 Å². The van der Waals surface area contributed by atoms with Crippen molar-refractivity contribution in [1.29, 1.82) is 0 Å². The lowest BCUT2D eigenvalue weighted by Gasteiger charge is -2.34. The van der Waals surface area contributed by atoms with E-state index in [9.17, 15) is 4.79 Å². The number of carbonyl (C=O) groups excluding carboxylic acids is 1. The molecule has 0 atom stereocenters. The number of nitrogens with zero attached hydrogens (tertiary/aromatic N) is 1. The van der Waals surface area contributed by atoms with Crippen molar-refractivity contribution in [3.63, 3.8) is 0 Å². The Morgan fingerprint density at radius 2 is 2.10 bits per heavy atom. The van der Waals surface area contributed by atoms with E-state index < -0.39 is 0 Å². The molecule has 1 fully saturated rings. The maximum Gasteiger partial charge on any atom is 0.290 e. The average molecular weight is 270 g/mol. The van der Waals surface area contributed by atoms with E-state index in [0.29, 0.717) is 5.69 Å². The van der Waals surface area contributed by atoms with Gasteiger partial charge in [-0.3, -0.25) is 4.79 Å². The maximum atomic E-state index is 12.0. The Kier molecular flexibility index (Phi) is 3.54. The van der Waals surface area contributed by atoms with Gasteiger partial charge in [-0.25, -0.2) is 0 Å². The summed E-state index contributed by atoms with van der Waals surface area (Å²) >= 11 is 0. The predicted molar refractivity (Wildman–Crippen MR) is 76.2 cm³/mol. The van der Waals surface area contributed by atoms with E-state index in [2.05, 4.69) is 17.4 Å². The van der Waals surface area contributed by atoms with Crippen molar-refractivity contribution >= 4 is 5.91 Å². The van der Waals surface area contributed by atoms with E-state index in [4.69, 9.17) is 4.52 Å². The average Bonchev–Trinajstić information content (AvgIpc) is 2.93. The van der Waals surface area contributed by atoms with Crippen molar-refractivity contribution in [3.8, 4) is 11.3 Å². The van der Waals surface area contributed by atoms with Crippen LogP contribution in [0.15, 0.2) is 40.9 Å². The maximum absolute atomic E-state index is 12.0. The van der Waals surface area contributed by atoms with Gasteiger partial charge in [-0.2, -0.15) is 0 Å². The molecule has 0 unspecified atom stereocenters. The Morgan fingerprint density at radius 1 is 1.35 bits per heavy atom. The van der Waals surface area contributed by atoms with Gasteiger partial charge in [0.1, 0.15) is 5.69 Å². The first-order valence-electron chi connectivity index (χ1n) is 7.09. The van der Waals surface area contributed by atoms with Gasteiger partial charge in [0, 0.05) is 17.7 Å². The summed E-state index contributed by atoms with van der Waals surface area (Å²) < 4.78 is 5.14. The van der Waals surface area contributed by atoms with Gasteiger partial charge in [0.05, 0.1) is 0 Å². The topological polar surface area (TPSA) is 55.1 Å². The van der Waals surface area contributed by atoms with Crippen molar-refractivity contribution in [2.75, 3.05) is 0 Å². The molecule has 2 aromatic rings. The van der Waals surface area contributed by atoms with E-state index in [0.717, 1.165) is 24.3 Å². The lowest BCUT2D eigenvalue weighted by molar-refractivity contribution is 0.0850. The van der Waals surface area contributed by atoms with Gasteiger partial charge in [-0.15, -0.1) is 0 Å². The normalized spacial score (nSPS) is 21.2. The minimum atomic E-state index is -0.167. The van der Waals surface area contributed by atoms with Crippen molar-refractivity contribution in [2.45, 2.75) is 32.2 Å². The summed E-state index contributed by atoms with van der Waals surface area (Å²) in [5, 5.41) is 6.94. The summed E-state index contributed by atoms with van der Waals surface area (Å²) in [6.45, 7) is 2.19. The third-order valence-electron chi connectivity index (χ3n) is 3.95. The molecule has 1 N–H and O–H groups in total. The summed E-state index contributed by atoms with van der Waals surface area (Å²) in [5.41, 5.74) is 1.64. The van der Waals surface area contributed by atoms with Crippen LogP contribution in [-0.4, -0.2) is 17.1 Å². The fraction of sp³-hybridized carbons (Fsp3) is 0.375. The molecule has 1 heterocycles. The summed E-state index contributed by atoms with van der Waals surface area (Å²) in [7, 11) is 0. The van der Waals surface area contributed by atoms with E-state index in [1.54, 1.807) is 6.07 Å². The highest BCUT2D eigenvalue weighted by Gasteiger charge is 2.29. The third kappa shape index (κ3) is 2.59. The van der Waals surface area contributed by atoms with Crippen LogP contribution in [0.2, 0.25) is 0 Å². The highest BCUT2D eigenvalue weighted by Crippen LogP contribution is 2.30. The molecule has 20 heavy (non-hydrogen) atoms. The van der Waals surface area contributed by atoms with Gasteiger partial charge in [-0.05, 0) is 18.8 Å². The summed E-state index contributed by atoms with van der Waals surface area (Å²) in [4.78, 5) is 12.0. The molecular weight excluding hydrogens is 252 g/mol. The zero-order valence-electron chi connectivity index (χ0n) is 11.5. The highest BCUT2D eigenvalue weighted by atomic mass is 16.5. The number of amides is 1. The molecule has 1 aliphatic carbocycles. The van der Waals surface area contributed by atoms with E-state index in [-0.39, 0.29) is 17.7 Å². The highest BCUT2D eigenvalue weighted by molar-refractivity contribution is 5.92. The molecule has 0 bridgehead atoms. The van der Waals surface area contributed by atoms with Crippen LogP contribution in [-0.2, 0) is 0 Å². The number of rotatable bonds is 4. The monoisotopic (exact) mass is 270 g/mol. The second-order valence-electron chi connectivity index (χ2n) is 5.36. The second kappa shape index (κ2) is 5.49. The van der Waals surface area contributed by atoms with Crippen LogP contribution < -0.4 is 5.32 Å². The number of hydrogen-bond donors (Lipinski definition) is 1. The minimum Gasteiger partial charge on any atom is -0.350 e. The van der Waals surface area contributed by atoms with E-state index in [1.807, 2.05) is 30.3 Å². The summed E-state index contributed by atoms with van der Waals surface area (Å²) in [5.74, 6) is 0.873. The SMILES string of the molecule is CC[C@H]1C[C@@H](NC(=O)c2cc(-c3ccccc3)no2)C1. The first-order chi connectivity index (χ1) is 9.76. The largest absolute Gasteiger partial charge is 0.350 e. The van der Waals surface area contributed by atoms with Gasteiger partial charge in [0.2, 0.25) is 5.76 Å². The van der Waals surface area contributed by atoms with Crippen LogP contribution >= 0.6 is 0 Å². The zero-order chi connectivity index (χ0) is 13.9. The molecule has 104 valence electrons. The van der Waals surface area contributed by atoms with Crippen LogP contribution in [0.25, 0.3) is 11.3 Å². The number of hydrogen-bond acceptors (Lipinski definition) is 3. The predicted octanol–water partition coefficient (Wildman–Crippen LogP) is 3.26.